The van der Waals surface area contributed by atoms with Crippen molar-refractivity contribution in [1.29, 1.82) is 0 Å². The zero-order chi connectivity index (χ0) is 13.8. The summed E-state index contributed by atoms with van der Waals surface area (Å²) in [4.78, 5) is 4.35. The maximum absolute atomic E-state index is 4.35. The summed E-state index contributed by atoms with van der Waals surface area (Å²) in [5.74, 6) is 1.20. The molecule has 4 heteroatoms. The van der Waals surface area contributed by atoms with E-state index in [1.165, 1.54) is 47.5 Å². The lowest BCUT2D eigenvalue weighted by molar-refractivity contribution is 0.689. The number of fused-ring (bicyclic) bond motifs is 1. The van der Waals surface area contributed by atoms with Gasteiger partial charge < -0.3 is 9.88 Å². The third-order valence-corrected chi connectivity index (χ3v) is 4.51. The van der Waals surface area contributed by atoms with E-state index >= 15 is 0 Å². The van der Waals surface area contributed by atoms with Crippen molar-refractivity contribution in [1.82, 2.24) is 9.55 Å². The summed E-state index contributed by atoms with van der Waals surface area (Å²) in [6, 6.07) is 6.61. The van der Waals surface area contributed by atoms with E-state index in [9.17, 15) is 0 Å². The highest BCUT2D eigenvalue weighted by Crippen LogP contribution is 2.33. The minimum absolute atomic E-state index is 1.04. The molecule has 0 spiro atoms. The third kappa shape index (κ3) is 2.70. The van der Waals surface area contributed by atoms with Gasteiger partial charge >= 0.3 is 0 Å². The van der Waals surface area contributed by atoms with Crippen LogP contribution in [-0.2, 0) is 13.0 Å². The van der Waals surface area contributed by atoms with Crippen molar-refractivity contribution in [3.63, 3.8) is 0 Å². The number of thioether (sulfide) groups is 1. The molecule has 2 aromatic rings. The second-order valence-electron chi connectivity index (χ2n) is 5.19. The maximum Gasteiger partial charge on any atom is 0.0950 e. The smallest absolute Gasteiger partial charge is 0.0950 e. The van der Waals surface area contributed by atoms with Crippen molar-refractivity contribution in [2.24, 2.45) is 0 Å². The van der Waals surface area contributed by atoms with Crippen LogP contribution in [0.4, 0.5) is 5.69 Å². The molecule has 1 aliphatic heterocycles. The molecule has 1 N–H and O–H groups in total. The second kappa shape index (κ2) is 6.35. The fourth-order valence-corrected chi connectivity index (χ4v) is 3.24. The number of imidazole rings is 1. The Labute approximate surface area is 124 Å². The molecule has 1 aliphatic rings. The van der Waals surface area contributed by atoms with E-state index in [1.807, 2.05) is 24.3 Å². The van der Waals surface area contributed by atoms with Gasteiger partial charge in [0.2, 0.25) is 0 Å². The molecule has 20 heavy (non-hydrogen) atoms. The minimum atomic E-state index is 1.04. The van der Waals surface area contributed by atoms with E-state index in [0.29, 0.717) is 0 Å². The number of nitrogens with zero attached hydrogens (tertiary/aromatic N) is 2. The summed E-state index contributed by atoms with van der Waals surface area (Å²) >= 11 is 1.90. The molecule has 1 aromatic carbocycles. The molecule has 3 rings (SSSR count). The molecule has 1 aromatic heterocycles. The first-order valence-corrected chi connectivity index (χ1v) is 8.65. The topological polar surface area (TPSA) is 29.9 Å². The highest BCUT2D eigenvalue weighted by atomic mass is 32.2. The van der Waals surface area contributed by atoms with E-state index in [2.05, 4.69) is 39.3 Å². The normalized spacial score (nSPS) is 13.8. The van der Waals surface area contributed by atoms with Gasteiger partial charge in [-0.05, 0) is 36.8 Å². The third-order valence-electron chi connectivity index (χ3n) is 3.81. The van der Waals surface area contributed by atoms with E-state index < -0.39 is 0 Å². The standard InChI is InChI=1S/C16H21N3S/c1-20-10-4-9-19-12-17-11-15(19)14-7-2-5-13-6-3-8-18-16(13)14/h2,5,7,11-12,18H,3-4,6,8-10H2,1H3. The number of benzene rings is 1. The van der Waals surface area contributed by atoms with Gasteiger partial charge in [0, 0.05) is 24.3 Å². The van der Waals surface area contributed by atoms with Crippen LogP contribution in [0.3, 0.4) is 0 Å². The van der Waals surface area contributed by atoms with Gasteiger partial charge in [0.25, 0.3) is 0 Å². The summed E-state index contributed by atoms with van der Waals surface area (Å²) in [5.41, 5.74) is 5.28. The number of aryl methyl sites for hydroxylation is 2. The molecule has 0 aliphatic carbocycles. The maximum atomic E-state index is 4.35. The van der Waals surface area contributed by atoms with Crippen molar-refractivity contribution >= 4 is 17.4 Å². The molecule has 0 atom stereocenters. The molecule has 0 unspecified atom stereocenters. The van der Waals surface area contributed by atoms with Crippen LogP contribution in [0.15, 0.2) is 30.7 Å². The molecule has 106 valence electrons. The predicted octanol–water partition coefficient (Wildman–Crippen LogP) is 3.66. The van der Waals surface area contributed by atoms with Crippen molar-refractivity contribution in [2.75, 3.05) is 23.9 Å². The van der Waals surface area contributed by atoms with E-state index in [1.54, 1.807) is 0 Å². The van der Waals surface area contributed by atoms with Gasteiger partial charge in [0.1, 0.15) is 0 Å². The van der Waals surface area contributed by atoms with Gasteiger partial charge in [0.15, 0.2) is 0 Å². The van der Waals surface area contributed by atoms with Gasteiger partial charge in [-0.25, -0.2) is 4.98 Å². The van der Waals surface area contributed by atoms with E-state index in [-0.39, 0.29) is 0 Å². The Bertz CT molecular complexity index is 577. The molecule has 2 heterocycles. The quantitative estimate of drug-likeness (QED) is 0.851. The zero-order valence-electron chi connectivity index (χ0n) is 11.9. The van der Waals surface area contributed by atoms with E-state index in [0.717, 1.165) is 13.1 Å². The van der Waals surface area contributed by atoms with Crippen LogP contribution in [0.25, 0.3) is 11.3 Å². The zero-order valence-corrected chi connectivity index (χ0v) is 12.7. The van der Waals surface area contributed by atoms with Gasteiger partial charge in [0.05, 0.1) is 18.2 Å². The number of aromatic nitrogens is 2. The van der Waals surface area contributed by atoms with Crippen molar-refractivity contribution < 1.29 is 0 Å². The molecule has 0 radical (unpaired) electrons. The van der Waals surface area contributed by atoms with Crippen LogP contribution in [0.2, 0.25) is 0 Å². The van der Waals surface area contributed by atoms with Crippen molar-refractivity contribution in [3.8, 4) is 11.3 Å². The summed E-state index contributed by atoms with van der Waals surface area (Å²) in [6.07, 6.45) is 9.70. The monoisotopic (exact) mass is 287 g/mol. The molecule has 0 saturated heterocycles. The fourth-order valence-electron chi connectivity index (χ4n) is 2.83. The number of hydrogen-bond acceptors (Lipinski definition) is 3. The SMILES string of the molecule is CSCCCn1cncc1-c1cccc2c1NCCC2. The first kappa shape index (κ1) is 13.6. The van der Waals surface area contributed by atoms with Crippen molar-refractivity contribution in [2.45, 2.75) is 25.8 Å². The Morgan fingerprint density at radius 2 is 2.35 bits per heavy atom. The highest BCUT2D eigenvalue weighted by Gasteiger charge is 2.15. The molecule has 0 amide bonds. The number of rotatable bonds is 5. The van der Waals surface area contributed by atoms with Gasteiger partial charge in [-0.15, -0.1) is 0 Å². The van der Waals surface area contributed by atoms with Crippen LogP contribution < -0.4 is 5.32 Å². The minimum Gasteiger partial charge on any atom is -0.384 e. The van der Waals surface area contributed by atoms with Crippen LogP contribution in [0.5, 0.6) is 0 Å². The molecular formula is C16H21N3S. The summed E-state index contributed by atoms with van der Waals surface area (Å²) in [5, 5.41) is 3.57. The average Bonchev–Trinajstić information content (AvgIpc) is 2.95. The van der Waals surface area contributed by atoms with Gasteiger partial charge in [-0.1, -0.05) is 18.2 Å². The Hall–Kier alpha value is -1.42. The fraction of sp³-hybridized carbons (Fsp3) is 0.438. The number of hydrogen-bond donors (Lipinski definition) is 1. The van der Waals surface area contributed by atoms with E-state index in [4.69, 9.17) is 0 Å². The first-order valence-electron chi connectivity index (χ1n) is 7.25. The Balaban J connectivity index is 1.91. The highest BCUT2D eigenvalue weighted by molar-refractivity contribution is 7.98. The molecule has 0 saturated carbocycles. The Morgan fingerprint density at radius 3 is 3.25 bits per heavy atom. The summed E-state index contributed by atoms with van der Waals surface area (Å²) in [7, 11) is 0. The lowest BCUT2D eigenvalue weighted by atomic mass is 9.98. The summed E-state index contributed by atoms with van der Waals surface area (Å²) in [6.45, 7) is 2.12. The van der Waals surface area contributed by atoms with Crippen LogP contribution in [-0.4, -0.2) is 28.1 Å². The first-order chi connectivity index (χ1) is 9.90. The number of nitrogens with one attached hydrogen (secondary N) is 1. The largest absolute Gasteiger partial charge is 0.384 e. The number of anilines is 1. The van der Waals surface area contributed by atoms with Crippen molar-refractivity contribution in [3.05, 3.63) is 36.3 Å². The Morgan fingerprint density at radius 1 is 1.40 bits per heavy atom. The van der Waals surface area contributed by atoms with Gasteiger partial charge in [-0.3, -0.25) is 0 Å². The predicted molar refractivity (Wildman–Crippen MR) is 87.5 cm³/mol. The number of para-hydroxylation sites is 1. The van der Waals surface area contributed by atoms with Gasteiger partial charge in [-0.2, -0.15) is 11.8 Å². The molecule has 0 bridgehead atoms. The second-order valence-corrected chi connectivity index (χ2v) is 6.17. The van der Waals surface area contributed by atoms with Crippen LogP contribution in [0, 0.1) is 0 Å². The van der Waals surface area contributed by atoms with Crippen LogP contribution in [0.1, 0.15) is 18.4 Å². The Kier molecular flexibility index (Phi) is 4.31. The molecule has 0 fully saturated rings. The lowest BCUT2D eigenvalue weighted by Crippen LogP contribution is -2.13. The lowest BCUT2D eigenvalue weighted by Gasteiger charge is -2.21. The summed E-state index contributed by atoms with van der Waals surface area (Å²) < 4.78 is 2.28. The molecular weight excluding hydrogens is 266 g/mol. The molecule has 3 nitrogen and oxygen atoms in total. The van der Waals surface area contributed by atoms with Crippen LogP contribution >= 0.6 is 11.8 Å². The average molecular weight is 287 g/mol.